The SMILES string of the molecule is CN(CC1CC2CCC1N2)C1CCCC1. The minimum absolute atomic E-state index is 0.860. The maximum atomic E-state index is 3.75. The number of hydrogen-bond donors (Lipinski definition) is 1. The molecular formula is C13H24N2. The molecule has 0 spiro atoms. The second-order valence-corrected chi connectivity index (χ2v) is 5.92. The van der Waals surface area contributed by atoms with E-state index in [9.17, 15) is 0 Å². The molecule has 2 saturated heterocycles. The molecule has 1 aliphatic carbocycles. The number of nitrogens with one attached hydrogen (secondary N) is 1. The highest BCUT2D eigenvalue weighted by Crippen LogP contribution is 2.34. The first-order valence-corrected chi connectivity index (χ1v) is 6.79. The third kappa shape index (κ3) is 1.94. The molecule has 3 aliphatic rings. The molecule has 0 amide bonds. The molecular weight excluding hydrogens is 184 g/mol. The van der Waals surface area contributed by atoms with Gasteiger partial charge in [0.1, 0.15) is 0 Å². The van der Waals surface area contributed by atoms with E-state index in [0.29, 0.717) is 0 Å². The van der Waals surface area contributed by atoms with Gasteiger partial charge in [-0.25, -0.2) is 0 Å². The van der Waals surface area contributed by atoms with Gasteiger partial charge >= 0.3 is 0 Å². The number of rotatable bonds is 3. The Bertz CT molecular complexity index is 223. The van der Waals surface area contributed by atoms with E-state index in [1.807, 2.05) is 0 Å². The van der Waals surface area contributed by atoms with E-state index in [1.54, 1.807) is 0 Å². The van der Waals surface area contributed by atoms with E-state index < -0.39 is 0 Å². The molecule has 2 heterocycles. The van der Waals surface area contributed by atoms with E-state index in [-0.39, 0.29) is 0 Å². The summed E-state index contributed by atoms with van der Waals surface area (Å²) >= 11 is 0. The topological polar surface area (TPSA) is 15.3 Å². The molecule has 3 unspecified atom stereocenters. The van der Waals surface area contributed by atoms with Gasteiger partial charge in [0.15, 0.2) is 0 Å². The van der Waals surface area contributed by atoms with Crippen molar-refractivity contribution in [3.05, 3.63) is 0 Å². The lowest BCUT2D eigenvalue weighted by atomic mass is 9.88. The Kier molecular flexibility index (Phi) is 2.73. The summed E-state index contributed by atoms with van der Waals surface area (Å²) in [5.41, 5.74) is 0. The molecule has 2 aliphatic heterocycles. The Morgan fingerprint density at radius 2 is 1.93 bits per heavy atom. The Labute approximate surface area is 93.4 Å². The Morgan fingerprint density at radius 1 is 1.13 bits per heavy atom. The van der Waals surface area contributed by atoms with Crippen LogP contribution in [0.25, 0.3) is 0 Å². The minimum Gasteiger partial charge on any atom is -0.311 e. The van der Waals surface area contributed by atoms with Gasteiger partial charge in [-0.2, -0.15) is 0 Å². The lowest BCUT2D eigenvalue weighted by Crippen LogP contribution is -2.37. The third-order valence-electron chi connectivity index (χ3n) is 4.90. The van der Waals surface area contributed by atoms with Crippen LogP contribution >= 0.6 is 0 Å². The van der Waals surface area contributed by atoms with Crippen molar-refractivity contribution in [3.63, 3.8) is 0 Å². The van der Waals surface area contributed by atoms with Crippen molar-refractivity contribution < 1.29 is 0 Å². The summed E-state index contributed by atoms with van der Waals surface area (Å²) in [4.78, 5) is 2.65. The lowest BCUT2D eigenvalue weighted by molar-refractivity contribution is 0.192. The maximum absolute atomic E-state index is 3.75. The highest BCUT2D eigenvalue weighted by atomic mass is 15.1. The van der Waals surface area contributed by atoms with Gasteiger partial charge in [0.25, 0.3) is 0 Å². The zero-order valence-corrected chi connectivity index (χ0v) is 9.91. The van der Waals surface area contributed by atoms with Crippen LogP contribution in [0.2, 0.25) is 0 Å². The largest absolute Gasteiger partial charge is 0.311 e. The smallest absolute Gasteiger partial charge is 0.0111 e. The summed E-state index contributed by atoms with van der Waals surface area (Å²) in [5, 5.41) is 3.75. The van der Waals surface area contributed by atoms with Crippen LogP contribution in [0.5, 0.6) is 0 Å². The maximum Gasteiger partial charge on any atom is 0.0111 e. The first-order valence-electron chi connectivity index (χ1n) is 6.79. The fourth-order valence-electron chi connectivity index (χ4n) is 4.00. The molecule has 15 heavy (non-hydrogen) atoms. The van der Waals surface area contributed by atoms with Crippen LogP contribution in [-0.4, -0.2) is 36.6 Å². The molecule has 0 aromatic heterocycles. The van der Waals surface area contributed by atoms with Crippen LogP contribution in [0.15, 0.2) is 0 Å². The Balaban J connectivity index is 1.52. The first kappa shape index (κ1) is 10.1. The van der Waals surface area contributed by atoms with Gasteiger partial charge in [-0.1, -0.05) is 12.8 Å². The molecule has 3 fully saturated rings. The number of nitrogens with zero attached hydrogens (tertiary/aromatic N) is 1. The summed E-state index contributed by atoms with van der Waals surface area (Å²) in [7, 11) is 2.35. The molecule has 1 saturated carbocycles. The van der Waals surface area contributed by atoms with Crippen molar-refractivity contribution in [1.82, 2.24) is 10.2 Å². The molecule has 3 atom stereocenters. The van der Waals surface area contributed by atoms with Crippen molar-refractivity contribution >= 4 is 0 Å². The Hall–Kier alpha value is -0.0800. The molecule has 2 bridgehead atoms. The van der Waals surface area contributed by atoms with E-state index in [4.69, 9.17) is 0 Å². The summed E-state index contributed by atoms with van der Waals surface area (Å²) < 4.78 is 0. The summed E-state index contributed by atoms with van der Waals surface area (Å²) in [6.45, 7) is 1.35. The predicted molar refractivity (Wildman–Crippen MR) is 62.9 cm³/mol. The average molecular weight is 208 g/mol. The molecule has 0 aromatic carbocycles. The summed E-state index contributed by atoms with van der Waals surface area (Å²) in [6.07, 6.45) is 10.1. The molecule has 0 radical (unpaired) electrons. The van der Waals surface area contributed by atoms with Gasteiger partial charge in [0.05, 0.1) is 0 Å². The van der Waals surface area contributed by atoms with E-state index in [2.05, 4.69) is 17.3 Å². The second-order valence-electron chi connectivity index (χ2n) is 5.92. The average Bonchev–Trinajstić information content (AvgIpc) is 2.95. The van der Waals surface area contributed by atoms with Crippen LogP contribution in [-0.2, 0) is 0 Å². The van der Waals surface area contributed by atoms with Gasteiger partial charge in [0.2, 0.25) is 0 Å². The van der Waals surface area contributed by atoms with Crippen molar-refractivity contribution in [1.29, 1.82) is 0 Å². The van der Waals surface area contributed by atoms with Crippen LogP contribution in [0.3, 0.4) is 0 Å². The lowest BCUT2D eigenvalue weighted by Gasteiger charge is -2.30. The minimum atomic E-state index is 0.860. The monoisotopic (exact) mass is 208 g/mol. The van der Waals surface area contributed by atoms with Crippen molar-refractivity contribution in [2.45, 2.75) is 63.1 Å². The predicted octanol–water partition coefficient (Wildman–Crippen LogP) is 2.00. The number of hydrogen-bond acceptors (Lipinski definition) is 2. The molecule has 2 nitrogen and oxygen atoms in total. The molecule has 2 heteroatoms. The van der Waals surface area contributed by atoms with Crippen LogP contribution in [0, 0.1) is 5.92 Å². The van der Waals surface area contributed by atoms with Crippen LogP contribution in [0.1, 0.15) is 44.9 Å². The highest BCUT2D eigenvalue weighted by Gasteiger charge is 2.39. The highest BCUT2D eigenvalue weighted by molar-refractivity contribution is 4.98. The molecule has 3 rings (SSSR count). The zero-order chi connectivity index (χ0) is 10.3. The van der Waals surface area contributed by atoms with Gasteiger partial charge in [-0.3, -0.25) is 0 Å². The quantitative estimate of drug-likeness (QED) is 0.763. The molecule has 0 aromatic rings. The summed E-state index contributed by atoms with van der Waals surface area (Å²) in [5.74, 6) is 0.953. The fraction of sp³-hybridized carbons (Fsp3) is 1.00. The Morgan fingerprint density at radius 3 is 2.53 bits per heavy atom. The zero-order valence-electron chi connectivity index (χ0n) is 9.91. The van der Waals surface area contributed by atoms with E-state index in [1.165, 1.54) is 51.5 Å². The number of fused-ring (bicyclic) bond motifs is 2. The van der Waals surface area contributed by atoms with Crippen molar-refractivity contribution in [2.24, 2.45) is 5.92 Å². The molecule has 1 N–H and O–H groups in total. The van der Waals surface area contributed by atoms with Crippen molar-refractivity contribution in [3.8, 4) is 0 Å². The standard InChI is InChI=1S/C13H24N2/c1-15(12-4-2-3-5-12)9-10-8-11-6-7-13(10)14-11/h10-14H,2-9H2,1H3. The van der Waals surface area contributed by atoms with E-state index >= 15 is 0 Å². The van der Waals surface area contributed by atoms with Crippen LogP contribution < -0.4 is 5.32 Å². The summed E-state index contributed by atoms with van der Waals surface area (Å²) in [6, 6.07) is 2.64. The van der Waals surface area contributed by atoms with Crippen LogP contribution in [0.4, 0.5) is 0 Å². The second kappa shape index (κ2) is 4.06. The third-order valence-corrected chi connectivity index (χ3v) is 4.90. The molecule has 86 valence electrons. The van der Waals surface area contributed by atoms with Gasteiger partial charge in [-0.05, 0) is 45.1 Å². The van der Waals surface area contributed by atoms with E-state index in [0.717, 1.165) is 24.0 Å². The normalized spacial score (nSPS) is 40.8. The van der Waals surface area contributed by atoms with Crippen molar-refractivity contribution in [2.75, 3.05) is 13.6 Å². The van der Waals surface area contributed by atoms with Gasteiger partial charge in [0, 0.05) is 24.7 Å². The fourth-order valence-corrected chi connectivity index (χ4v) is 4.00. The van der Waals surface area contributed by atoms with Gasteiger partial charge < -0.3 is 10.2 Å². The van der Waals surface area contributed by atoms with Gasteiger partial charge in [-0.15, -0.1) is 0 Å². The first-order chi connectivity index (χ1) is 7.33.